The van der Waals surface area contributed by atoms with E-state index in [1.165, 1.54) is 43.4 Å². The summed E-state index contributed by atoms with van der Waals surface area (Å²) >= 11 is 0. The van der Waals surface area contributed by atoms with Crippen molar-refractivity contribution in [3.05, 3.63) is 11.3 Å². The lowest BCUT2D eigenvalue weighted by atomic mass is 9.72. The van der Waals surface area contributed by atoms with Crippen molar-refractivity contribution in [2.45, 2.75) is 77.9 Å². The molecule has 1 saturated carbocycles. The first-order valence-electron chi connectivity index (χ1n) is 12.2. The van der Waals surface area contributed by atoms with E-state index in [0.717, 1.165) is 26.2 Å². The second kappa shape index (κ2) is 9.51. The second-order valence-corrected chi connectivity index (χ2v) is 12.1. The van der Waals surface area contributed by atoms with E-state index in [0.29, 0.717) is 17.9 Å². The largest absolute Gasteiger partial charge is 0.444 e. The van der Waals surface area contributed by atoms with Crippen LogP contribution in [0.3, 0.4) is 0 Å². The first-order valence-corrected chi connectivity index (χ1v) is 12.2. The molecular formula is C25H46N4O3. The topological polar surface area (TPSA) is 57.3 Å². The van der Waals surface area contributed by atoms with Gasteiger partial charge in [0.15, 0.2) is 0 Å². The third-order valence-corrected chi connectivity index (χ3v) is 7.09. The van der Waals surface area contributed by atoms with Crippen LogP contribution in [0.25, 0.3) is 0 Å². The molecule has 3 rings (SSSR count). The molecule has 1 aliphatic carbocycles. The Morgan fingerprint density at radius 3 is 2.44 bits per heavy atom. The van der Waals surface area contributed by atoms with Crippen molar-refractivity contribution in [3.8, 4) is 0 Å². The van der Waals surface area contributed by atoms with E-state index in [4.69, 9.17) is 9.47 Å². The van der Waals surface area contributed by atoms with E-state index in [-0.39, 0.29) is 11.7 Å². The summed E-state index contributed by atoms with van der Waals surface area (Å²) in [5.74, 6) is 0.598. The van der Waals surface area contributed by atoms with Gasteiger partial charge in [-0.25, -0.2) is 10.2 Å². The van der Waals surface area contributed by atoms with E-state index in [2.05, 4.69) is 43.3 Å². The summed E-state index contributed by atoms with van der Waals surface area (Å²) in [5.41, 5.74) is 6.45. The number of nitrogens with one attached hydrogen (secondary N) is 1. The summed E-state index contributed by atoms with van der Waals surface area (Å²) in [6, 6.07) is 0. The average Bonchev–Trinajstić information content (AvgIpc) is 3.18. The van der Waals surface area contributed by atoms with Gasteiger partial charge in [-0.05, 0) is 70.9 Å². The molecule has 1 N–H and O–H groups in total. The Labute approximate surface area is 195 Å². The Hall–Kier alpha value is -1.31. The van der Waals surface area contributed by atoms with E-state index >= 15 is 0 Å². The molecule has 0 radical (unpaired) electrons. The molecule has 184 valence electrons. The van der Waals surface area contributed by atoms with E-state index in [1.54, 1.807) is 4.90 Å². The molecule has 1 saturated heterocycles. The molecule has 0 aromatic rings. The molecule has 1 spiro atoms. The smallest absolute Gasteiger partial charge is 0.410 e. The average molecular weight is 451 g/mol. The van der Waals surface area contributed by atoms with Gasteiger partial charge < -0.3 is 24.3 Å². The minimum absolute atomic E-state index is 0.119. The maximum Gasteiger partial charge on any atom is 0.410 e. The number of likely N-dealkylation sites (N-methyl/N-ethyl adjacent to an activating group) is 2. The zero-order valence-electron chi connectivity index (χ0n) is 21.7. The quantitative estimate of drug-likeness (QED) is 0.663. The Bertz CT molecular complexity index is 704. The molecule has 0 aromatic carbocycles. The summed E-state index contributed by atoms with van der Waals surface area (Å²) in [6.07, 6.45) is 5.67. The molecule has 0 atom stereocenters. The van der Waals surface area contributed by atoms with Crippen LogP contribution in [0.15, 0.2) is 11.3 Å². The van der Waals surface area contributed by atoms with Crippen LogP contribution in [-0.2, 0) is 9.47 Å². The number of allylic oxidation sites excluding steroid dienone is 1. The van der Waals surface area contributed by atoms with Gasteiger partial charge in [0.25, 0.3) is 0 Å². The summed E-state index contributed by atoms with van der Waals surface area (Å²) in [6.45, 7) is 14.5. The zero-order chi connectivity index (χ0) is 23.7. The van der Waals surface area contributed by atoms with Crippen molar-refractivity contribution in [1.82, 2.24) is 20.2 Å². The van der Waals surface area contributed by atoms with Gasteiger partial charge in [-0.3, -0.25) is 0 Å². The Morgan fingerprint density at radius 1 is 1.22 bits per heavy atom. The van der Waals surface area contributed by atoms with E-state index in [1.807, 2.05) is 27.8 Å². The molecule has 0 bridgehead atoms. The number of ether oxygens (including phenoxy) is 2. The number of hydrazine groups is 1. The van der Waals surface area contributed by atoms with Gasteiger partial charge in [0, 0.05) is 51.9 Å². The van der Waals surface area contributed by atoms with Gasteiger partial charge in [-0.1, -0.05) is 13.8 Å². The van der Waals surface area contributed by atoms with Crippen molar-refractivity contribution in [2.75, 3.05) is 53.9 Å². The van der Waals surface area contributed by atoms with Crippen LogP contribution in [-0.4, -0.2) is 86.0 Å². The van der Waals surface area contributed by atoms with Crippen LogP contribution >= 0.6 is 0 Å². The molecule has 2 aliphatic heterocycles. The lowest BCUT2D eigenvalue weighted by Crippen LogP contribution is -2.39. The van der Waals surface area contributed by atoms with Crippen LogP contribution in [0.2, 0.25) is 0 Å². The van der Waals surface area contributed by atoms with Gasteiger partial charge >= 0.3 is 6.09 Å². The highest BCUT2D eigenvalue weighted by Gasteiger charge is 2.47. The minimum atomic E-state index is -0.463. The highest BCUT2D eigenvalue weighted by Crippen LogP contribution is 2.49. The lowest BCUT2D eigenvalue weighted by Gasteiger charge is -2.39. The maximum absolute atomic E-state index is 12.2. The van der Waals surface area contributed by atoms with E-state index in [9.17, 15) is 4.79 Å². The highest BCUT2D eigenvalue weighted by atomic mass is 16.6. The predicted molar refractivity (Wildman–Crippen MR) is 128 cm³/mol. The number of hydrogen-bond acceptors (Lipinski definition) is 6. The molecule has 7 heteroatoms. The van der Waals surface area contributed by atoms with Crippen LogP contribution in [0.4, 0.5) is 4.79 Å². The Balaban J connectivity index is 1.54. The van der Waals surface area contributed by atoms with Crippen LogP contribution < -0.4 is 5.43 Å². The van der Waals surface area contributed by atoms with Gasteiger partial charge in [0.2, 0.25) is 0 Å². The molecule has 0 unspecified atom stereocenters. The summed E-state index contributed by atoms with van der Waals surface area (Å²) in [5, 5.41) is 2.25. The van der Waals surface area contributed by atoms with Crippen molar-refractivity contribution < 1.29 is 14.3 Å². The number of hydrogen-bond donors (Lipinski definition) is 1. The third-order valence-electron chi connectivity index (χ3n) is 7.09. The molecule has 32 heavy (non-hydrogen) atoms. The van der Waals surface area contributed by atoms with Gasteiger partial charge in [-0.2, -0.15) is 0 Å². The van der Waals surface area contributed by atoms with E-state index < -0.39 is 5.60 Å². The molecule has 1 amide bonds. The Kier molecular flexibility index (Phi) is 7.52. The maximum atomic E-state index is 12.2. The molecular weight excluding hydrogens is 404 g/mol. The van der Waals surface area contributed by atoms with Crippen molar-refractivity contribution >= 4 is 6.09 Å². The first kappa shape index (κ1) is 25.3. The standard InChI is InChI=1S/C25H46N4O3/c1-23(2,3)32-22(30)28(7)14-13-27(6)16-20-15-26-29(8)21(20)19-9-11-25(12-10-19)17-24(4,5)18-31-25/h19,26H,9-18H2,1-8H3. The first-order chi connectivity index (χ1) is 14.8. The van der Waals surface area contributed by atoms with Crippen molar-refractivity contribution in [2.24, 2.45) is 11.3 Å². The molecule has 0 aromatic heterocycles. The van der Waals surface area contributed by atoms with Gasteiger partial charge in [-0.15, -0.1) is 0 Å². The summed E-state index contributed by atoms with van der Waals surface area (Å²) in [4.78, 5) is 16.2. The fourth-order valence-electron chi connectivity index (χ4n) is 5.54. The number of nitrogens with zero attached hydrogens (tertiary/aromatic N) is 3. The summed E-state index contributed by atoms with van der Waals surface area (Å²) < 4.78 is 11.8. The van der Waals surface area contributed by atoms with Crippen LogP contribution in [0.1, 0.15) is 66.7 Å². The molecule has 3 aliphatic rings. The van der Waals surface area contributed by atoms with Crippen LogP contribution in [0, 0.1) is 11.3 Å². The number of rotatable bonds is 6. The number of carbonyl (C=O) groups is 1. The number of amides is 1. The van der Waals surface area contributed by atoms with Gasteiger partial charge in [0.05, 0.1) is 12.2 Å². The molecule has 2 heterocycles. The predicted octanol–water partition coefficient (Wildman–Crippen LogP) is 3.86. The molecule has 2 fully saturated rings. The monoisotopic (exact) mass is 450 g/mol. The Morgan fingerprint density at radius 2 is 1.88 bits per heavy atom. The van der Waals surface area contributed by atoms with Gasteiger partial charge in [0.1, 0.15) is 5.60 Å². The fraction of sp³-hybridized carbons (Fsp3) is 0.880. The zero-order valence-corrected chi connectivity index (χ0v) is 21.7. The van der Waals surface area contributed by atoms with Crippen LogP contribution in [0.5, 0.6) is 0 Å². The summed E-state index contributed by atoms with van der Waals surface area (Å²) in [7, 11) is 6.09. The second-order valence-electron chi connectivity index (χ2n) is 12.1. The fourth-order valence-corrected chi connectivity index (χ4v) is 5.54. The normalized spacial score (nSPS) is 28.2. The SMILES string of the molecule is CN(CCN(C)C(=O)OC(C)(C)C)CC1=C(C2CCC3(CC2)CC(C)(C)CO3)N(C)NC1. The third kappa shape index (κ3) is 6.39. The minimum Gasteiger partial charge on any atom is -0.444 e. The lowest BCUT2D eigenvalue weighted by molar-refractivity contribution is -0.0345. The highest BCUT2D eigenvalue weighted by molar-refractivity contribution is 5.67. The van der Waals surface area contributed by atoms with Crippen molar-refractivity contribution in [1.29, 1.82) is 0 Å². The van der Waals surface area contributed by atoms with Crippen molar-refractivity contribution in [3.63, 3.8) is 0 Å². The molecule has 7 nitrogen and oxygen atoms in total. The number of carbonyl (C=O) groups excluding carboxylic acids is 1.